The summed E-state index contributed by atoms with van der Waals surface area (Å²) in [7, 11) is 1.36. The van der Waals surface area contributed by atoms with E-state index in [1.807, 2.05) is 0 Å². The van der Waals surface area contributed by atoms with Gasteiger partial charge in [-0.25, -0.2) is 9.78 Å². The van der Waals surface area contributed by atoms with Crippen molar-refractivity contribution in [2.45, 2.75) is 32.9 Å². The Morgan fingerprint density at radius 3 is 2.55 bits per heavy atom. The van der Waals surface area contributed by atoms with Crippen LogP contribution in [0.4, 0.5) is 0 Å². The molecule has 1 heterocycles. The zero-order valence-corrected chi connectivity index (χ0v) is 11.8. The fourth-order valence-corrected chi connectivity index (χ4v) is 1.43. The van der Waals surface area contributed by atoms with Gasteiger partial charge in [-0.3, -0.25) is 4.79 Å². The average Bonchev–Trinajstić information content (AvgIpc) is 2.37. The first-order chi connectivity index (χ1) is 9.36. The highest BCUT2D eigenvalue weighted by molar-refractivity contribution is 5.97. The van der Waals surface area contributed by atoms with E-state index in [-0.39, 0.29) is 23.3 Å². The molecule has 0 aromatic carbocycles. The summed E-state index contributed by atoms with van der Waals surface area (Å²) in [5.41, 5.74) is -0.214. The fraction of sp³-hybridized carbons (Fsp3) is 0.462. The third-order valence-corrected chi connectivity index (χ3v) is 2.38. The number of hydrogen-bond donors (Lipinski definition) is 2. The van der Waals surface area contributed by atoms with E-state index in [9.17, 15) is 14.7 Å². The molecule has 1 amide bonds. The van der Waals surface area contributed by atoms with Gasteiger partial charge in [0.1, 0.15) is 6.04 Å². The van der Waals surface area contributed by atoms with E-state index >= 15 is 0 Å². The summed E-state index contributed by atoms with van der Waals surface area (Å²) in [6.45, 7) is 4.91. The zero-order valence-electron chi connectivity index (χ0n) is 11.8. The number of carbonyl (C=O) groups excluding carboxylic acids is 2. The third-order valence-electron chi connectivity index (χ3n) is 2.38. The summed E-state index contributed by atoms with van der Waals surface area (Å²) in [5.74, 6) is -1.50. The molecule has 110 valence electrons. The number of carbonyl (C=O) groups is 2. The van der Waals surface area contributed by atoms with Gasteiger partial charge in [-0.05, 0) is 20.8 Å². The number of pyridine rings is 1. The van der Waals surface area contributed by atoms with Crippen molar-refractivity contribution in [3.8, 4) is 11.5 Å². The van der Waals surface area contributed by atoms with Crippen molar-refractivity contribution in [2.24, 2.45) is 0 Å². The van der Waals surface area contributed by atoms with Crippen molar-refractivity contribution >= 4 is 11.9 Å². The first kappa shape index (κ1) is 15.7. The molecule has 2 N–H and O–H groups in total. The van der Waals surface area contributed by atoms with Crippen LogP contribution in [0.15, 0.2) is 12.3 Å². The lowest BCUT2D eigenvalue weighted by molar-refractivity contribution is -0.149. The van der Waals surface area contributed by atoms with Gasteiger partial charge in [0, 0.05) is 12.3 Å². The first-order valence-corrected chi connectivity index (χ1v) is 6.10. The van der Waals surface area contributed by atoms with E-state index in [0.29, 0.717) is 0 Å². The molecular formula is C13H18N2O5. The van der Waals surface area contributed by atoms with Crippen molar-refractivity contribution in [3.05, 3.63) is 18.0 Å². The molecule has 0 saturated carbocycles. The predicted molar refractivity (Wildman–Crippen MR) is 70.6 cm³/mol. The highest BCUT2D eigenvalue weighted by atomic mass is 16.5. The molecule has 0 aliphatic rings. The molecule has 0 aliphatic carbocycles. The Hall–Kier alpha value is -2.31. The van der Waals surface area contributed by atoms with E-state index in [0.717, 1.165) is 0 Å². The van der Waals surface area contributed by atoms with E-state index in [1.165, 1.54) is 26.3 Å². The molecule has 0 fully saturated rings. The van der Waals surface area contributed by atoms with Crippen molar-refractivity contribution in [2.75, 3.05) is 7.11 Å². The standard InChI is InChI=1S/C13H18N2O5/c1-7(2)20-13(18)8(3)15-12(17)10-11(16)9(19-4)5-6-14-10/h5-8,16H,1-4H3,(H,15,17). The number of esters is 1. The van der Waals surface area contributed by atoms with Gasteiger partial charge in [-0.1, -0.05) is 0 Å². The Morgan fingerprint density at radius 2 is 2.00 bits per heavy atom. The van der Waals surface area contributed by atoms with Crippen LogP contribution in [0.25, 0.3) is 0 Å². The lowest BCUT2D eigenvalue weighted by atomic mass is 10.2. The summed E-state index contributed by atoms with van der Waals surface area (Å²) in [6, 6.07) is 0.569. The second-order valence-electron chi connectivity index (χ2n) is 4.39. The Balaban J connectivity index is 2.79. The Labute approximate surface area is 116 Å². The molecule has 7 heteroatoms. The number of rotatable bonds is 5. The van der Waals surface area contributed by atoms with Gasteiger partial charge in [0.2, 0.25) is 0 Å². The van der Waals surface area contributed by atoms with Crippen LogP contribution in [0.2, 0.25) is 0 Å². The second kappa shape index (κ2) is 6.74. The largest absolute Gasteiger partial charge is 0.503 e. The Morgan fingerprint density at radius 1 is 1.35 bits per heavy atom. The average molecular weight is 282 g/mol. The SMILES string of the molecule is COc1ccnc(C(=O)NC(C)C(=O)OC(C)C)c1O. The number of amides is 1. The lowest BCUT2D eigenvalue weighted by Crippen LogP contribution is -2.40. The number of nitrogens with zero attached hydrogens (tertiary/aromatic N) is 1. The maximum Gasteiger partial charge on any atom is 0.328 e. The number of methoxy groups -OCH3 is 1. The van der Waals surface area contributed by atoms with Crippen LogP contribution in [0, 0.1) is 0 Å². The molecule has 0 spiro atoms. The summed E-state index contributed by atoms with van der Waals surface area (Å²) < 4.78 is 9.84. The van der Waals surface area contributed by atoms with Gasteiger partial charge in [0.25, 0.3) is 5.91 Å². The van der Waals surface area contributed by atoms with E-state index < -0.39 is 17.9 Å². The zero-order chi connectivity index (χ0) is 15.3. The summed E-state index contributed by atoms with van der Waals surface area (Å²) in [6.07, 6.45) is 1.05. The van der Waals surface area contributed by atoms with Crippen molar-refractivity contribution < 1.29 is 24.2 Å². The molecule has 0 saturated heterocycles. The number of hydrogen-bond acceptors (Lipinski definition) is 6. The summed E-state index contributed by atoms with van der Waals surface area (Å²) in [5, 5.41) is 12.2. The van der Waals surface area contributed by atoms with Crippen LogP contribution in [-0.2, 0) is 9.53 Å². The lowest BCUT2D eigenvalue weighted by Gasteiger charge is -2.15. The van der Waals surface area contributed by atoms with Crippen LogP contribution < -0.4 is 10.1 Å². The number of ether oxygens (including phenoxy) is 2. The first-order valence-electron chi connectivity index (χ1n) is 6.10. The van der Waals surface area contributed by atoms with Crippen molar-refractivity contribution in [1.29, 1.82) is 0 Å². The summed E-state index contributed by atoms with van der Waals surface area (Å²) in [4.78, 5) is 27.3. The second-order valence-corrected chi connectivity index (χ2v) is 4.39. The molecule has 7 nitrogen and oxygen atoms in total. The van der Waals surface area contributed by atoms with Gasteiger partial charge < -0.3 is 19.9 Å². The Bertz CT molecular complexity index is 502. The maximum absolute atomic E-state index is 11.9. The van der Waals surface area contributed by atoms with Gasteiger partial charge >= 0.3 is 5.97 Å². The number of nitrogens with one attached hydrogen (secondary N) is 1. The van der Waals surface area contributed by atoms with Crippen LogP contribution >= 0.6 is 0 Å². The molecule has 1 aromatic heterocycles. The number of aromatic nitrogens is 1. The highest BCUT2D eigenvalue weighted by Gasteiger charge is 2.22. The van der Waals surface area contributed by atoms with Gasteiger partial charge in [0.15, 0.2) is 17.2 Å². The van der Waals surface area contributed by atoms with Gasteiger partial charge in [-0.15, -0.1) is 0 Å². The van der Waals surface area contributed by atoms with E-state index in [2.05, 4.69) is 10.3 Å². The minimum absolute atomic E-state index is 0.127. The smallest absolute Gasteiger partial charge is 0.328 e. The quantitative estimate of drug-likeness (QED) is 0.777. The molecule has 1 aromatic rings. The normalized spacial score (nSPS) is 11.8. The molecule has 1 atom stereocenters. The molecule has 1 rings (SSSR count). The molecule has 0 aliphatic heterocycles. The monoisotopic (exact) mass is 282 g/mol. The van der Waals surface area contributed by atoms with Gasteiger partial charge in [-0.2, -0.15) is 0 Å². The van der Waals surface area contributed by atoms with Crippen LogP contribution in [0.5, 0.6) is 11.5 Å². The van der Waals surface area contributed by atoms with Crippen molar-refractivity contribution in [1.82, 2.24) is 10.3 Å². The minimum Gasteiger partial charge on any atom is -0.503 e. The van der Waals surface area contributed by atoms with Gasteiger partial charge in [0.05, 0.1) is 13.2 Å². The van der Waals surface area contributed by atoms with E-state index in [1.54, 1.807) is 13.8 Å². The molecule has 1 unspecified atom stereocenters. The molecule has 0 radical (unpaired) electrons. The molecular weight excluding hydrogens is 264 g/mol. The number of aromatic hydroxyl groups is 1. The maximum atomic E-state index is 11.9. The predicted octanol–water partition coefficient (Wildman–Crippen LogP) is 0.866. The van der Waals surface area contributed by atoms with Crippen LogP contribution in [0.1, 0.15) is 31.3 Å². The fourth-order valence-electron chi connectivity index (χ4n) is 1.43. The van der Waals surface area contributed by atoms with E-state index in [4.69, 9.17) is 9.47 Å². The third kappa shape index (κ3) is 3.84. The van der Waals surface area contributed by atoms with Crippen molar-refractivity contribution in [3.63, 3.8) is 0 Å². The Kier molecular flexibility index (Phi) is 5.31. The highest BCUT2D eigenvalue weighted by Crippen LogP contribution is 2.27. The molecule has 20 heavy (non-hydrogen) atoms. The molecule has 0 bridgehead atoms. The van der Waals surface area contributed by atoms with Crippen LogP contribution in [0.3, 0.4) is 0 Å². The topological polar surface area (TPSA) is 97.8 Å². The minimum atomic E-state index is -0.850. The van der Waals surface area contributed by atoms with Crippen LogP contribution in [-0.4, -0.2) is 41.2 Å². The summed E-state index contributed by atoms with van der Waals surface area (Å²) >= 11 is 0.